The van der Waals surface area contributed by atoms with E-state index >= 15 is 0 Å². The number of unbranched alkanes of at least 4 members (excludes halogenated alkanes) is 23. The second-order valence-electron chi connectivity index (χ2n) is 21.3. The molecule has 2 N–H and O–H groups in total. The Balaban J connectivity index is 4.04. The van der Waals surface area contributed by atoms with Gasteiger partial charge in [-0.2, -0.15) is 0 Å². The fraction of sp³-hybridized carbons (Fsp3) is 0.708. The van der Waals surface area contributed by atoms with Crippen molar-refractivity contribution in [3.05, 3.63) is 109 Å². The van der Waals surface area contributed by atoms with Gasteiger partial charge < -0.3 is 28.8 Å². The Bertz CT molecular complexity index is 1570. The molecule has 0 aromatic heterocycles. The van der Waals surface area contributed by atoms with E-state index in [1.165, 1.54) is 122 Å². The van der Waals surface area contributed by atoms with Crippen LogP contribution in [-0.2, 0) is 18.4 Å². The largest absolute Gasteiger partial charge is 0.756 e. The molecule has 0 aromatic carbocycles. The molecule has 0 spiro atoms. The molecule has 0 aromatic rings. The maximum atomic E-state index is 13.0. The van der Waals surface area contributed by atoms with Crippen molar-refractivity contribution >= 4 is 13.7 Å². The van der Waals surface area contributed by atoms with Gasteiger partial charge in [-0.15, -0.1) is 0 Å². The average molecular weight is 1050 g/mol. The lowest BCUT2D eigenvalue weighted by Crippen LogP contribution is -2.46. The number of hydrogen-bond acceptors (Lipinski definition) is 6. The van der Waals surface area contributed by atoms with E-state index in [0.717, 1.165) is 96.3 Å². The van der Waals surface area contributed by atoms with Crippen LogP contribution in [0.5, 0.6) is 0 Å². The van der Waals surface area contributed by atoms with E-state index < -0.39 is 20.0 Å². The Hall–Kier alpha value is -2.84. The number of nitrogens with zero attached hydrogens (tertiary/aromatic N) is 1. The van der Waals surface area contributed by atoms with Crippen molar-refractivity contribution in [1.29, 1.82) is 0 Å². The van der Waals surface area contributed by atoms with Crippen molar-refractivity contribution in [2.45, 2.75) is 257 Å². The molecular formula is C65H115N2O6P. The number of amides is 1. The van der Waals surface area contributed by atoms with Crippen LogP contribution in [-0.4, -0.2) is 68.5 Å². The molecular weight excluding hydrogens is 936 g/mol. The molecule has 74 heavy (non-hydrogen) atoms. The van der Waals surface area contributed by atoms with Crippen LogP contribution >= 0.6 is 7.82 Å². The molecule has 0 bridgehead atoms. The topological polar surface area (TPSA) is 108 Å². The molecule has 0 fully saturated rings. The van der Waals surface area contributed by atoms with Gasteiger partial charge >= 0.3 is 0 Å². The molecule has 9 heteroatoms. The van der Waals surface area contributed by atoms with E-state index in [1.54, 1.807) is 0 Å². The lowest BCUT2D eigenvalue weighted by atomic mass is 10.0. The van der Waals surface area contributed by atoms with Gasteiger partial charge in [0.2, 0.25) is 5.91 Å². The number of phosphoric acid groups is 1. The van der Waals surface area contributed by atoms with Crippen LogP contribution in [0, 0.1) is 0 Å². The highest BCUT2D eigenvalue weighted by Gasteiger charge is 2.24. The maximum Gasteiger partial charge on any atom is 0.268 e. The number of carbonyl (C=O) groups excluding carboxylic acids is 1. The number of likely N-dealkylation sites (N-methyl/N-ethyl adjacent to an activating group) is 1. The van der Waals surface area contributed by atoms with Crippen molar-refractivity contribution in [1.82, 2.24) is 5.32 Å². The number of aliphatic hydroxyl groups excluding tert-OH is 1. The molecule has 8 nitrogen and oxygen atoms in total. The zero-order valence-electron chi connectivity index (χ0n) is 48.5. The second kappa shape index (κ2) is 54.9. The predicted molar refractivity (Wildman–Crippen MR) is 320 cm³/mol. The molecule has 0 radical (unpaired) electrons. The van der Waals surface area contributed by atoms with Crippen LogP contribution in [0.1, 0.15) is 245 Å². The highest BCUT2D eigenvalue weighted by Crippen LogP contribution is 2.38. The molecule has 3 unspecified atom stereocenters. The highest BCUT2D eigenvalue weighted by atomic mass is 31.2. The van der Waals surface area contributed by atoms with Crippen molar-refractivity contribution in [2.75, 3.05) is 40.9 Å². The zero-order chi connectivity index (χ0) is 54.2. The van der Waals surface area contributed by atoms with Crippen LogP contribution in [0.25, 0.3) is 0 Å². The summed E-state index contributed by atoms with van der Waals surface area (Å²) >= 11 is 0. The van der Waals surface area contributed by atoms with E-state index in [9.17, 15) is 19.4 Å². The molecule has 0 rings (SSSR count). The second-order valence-corrected chi connectivity index (χ2v) is 22.7. The van der Waals surface area contributed by atoms with Gasteiger partial charge in [0.1, 0.15) is 13.2 Å². The smallest absolute Gasteiger partial charge is 0.268 e. The van der Waals surface area contributed by atoms with Crippen LogP contribution in [0.2, 0.25) is 0 Å². The van der Waals surface area contributed by atoms with Crippen molar-refractivity contribution < 1.29 is 32.9 Å². The first-order chi connectivity index (χ1) is 36.0. The minimum absolute atomic E-state index is 0.00756. The van der Waals surface area contributed by atoms with E-state index in [0.29, 0.717) is 23.9 Å². The molecule has 0 aliphatic carbocycles. The van der Waals surface area contributed by atoms with Crippen molar-refractivity contribution in [3.63, 3.8) is 0 Å². The summed E-state index contributed by atoms with van der Waals surface area (Å²) in [6.45, 7) is 4.60. The lowest BCUT2D eigenvalue weighted by molar-refractivity contribution is -0.870. The van der Waals surface area contributed by atoms with Crippen LogP contribution < -0.4 is 10.2 Å². The first kappa shape index (κ1) is 71.2. The summed E-state index contributed by atoms with van der Waals surface area (Å²) in [5, 5.41) is 14.0. The SMILES string of the molecule is CC/C=C\C/C=C\C/C=C\C/C=C\C/C=C\C/C=C\C/C=C\C/C=C\C/C=C\CCCCCCCCCCCCCC(=O)NC(COP(=O)([O-])OCC[N+](C)(C)C)C(O)CCCCCCCCCCCCCCC. The van der Waals surface area contributed by atoms with Crippen LogP contribution in [0.3, 0.4) is 0 Å². The fourth-order valence-electron chi connectivity index (χ4n) is 8.33. The van der Waals surface area contributed by atoms with E-state index in [-0.39, 0.29) is 19.1 Å². The predicted octanol–water partition coefficient (Wildman–Crippen LogP) is 18.1. The summed E-state index contributed by atoms with van der Waals surface area (Å²) in [6.07, 6.45) is 79.9. The number of aliphatic hydroxyl groups is 1. The number of phosphoric ester groups is 1. The van der Waals surface area contributed by atoms with E-state index in [2.05, 4.69) is 129 Å². The Labute approximate surface area is 457 Å². The standard InChI is InChI=1S/C65H115N2O6P/c1-6-8-10-12-14-16-18-20-21-22-23-24-25-26-27-28-29-30-31-32-33-34-35-36-37-38-39-40-41-42-43-44-45-47-49-51-53-55-57-59-65(69)66-63(62-73-74(70,71)72-61-60-67(3,4)5)64(68)58-56-54-52-50-48-46-19-17-15-13-11-9-7-2/h8,10,14,16,20-21,23-24,26-27,29-30,32-33,35-36,38-39,63-64,68H,6-7,9,11-13,15,17-19,22,25,28,31,34,37,40-62H2,1-5H3,(H-,66,69,70,71)/b10-8-,16-14-,21-20-,24-23-,27-26-,30-29-,33-32-,36-35-,39-38-. The molecule has 3 atom stereocenters. The minimum atomic E-state index is -4.58. The number of hydrogen-bond donors (Lipinski definition) is 2. The summed E-state index contributed by atoms with van der Waals surface area (Å²) < 4.78 is 23.4. The average Bonchev–Trinajstić information content (AvgIpc) is 3.36. The molecule has 0 aliphatic heterocycles. The molecule has 1 amide bonds. The summed E-state index contributed by atoms with van der Waals surface area (Å²) in [5.41, 5.74) is 0. The fourth-order valence-corrected chi connectivity index (χ4v) is 9.05. The van der Waals surface area contributed by atoms with Crippen molar-refractivity contribution in [3.8, 4) is 0 Å². The zero-order valence-corrected chi connectivity index (χ0v) is 49.4. The first-order valence-electron chi connectivity index (χ1n) is 30.2. The summed E-state index contributed by atoms with van der Waals surface area (Å²) in [6, 6.07) is -0.808. The highest BCUT2D eigenvalue weighted by molar-refractivity contribution is 7.45. The van der Waals surface area contributed by atoms with Gasteiger partial charge in [-0.05, 0) is 83.5 Å². The Morgan fingerprint density at radius 2 is 0.824 bits per heavy atom. The molecule has 0 saturated carbocycles. The van der Waals surface area contributed by atoms with Gasteiger partial charge in [-0.1, -0.05) is 264 Å². The molecule has 0 heterocycles. The molecule has 426 valence electrons. The first-order valence-corrected chi connectivity index (χ1v) is 31.7. The summed E-state index contributed by atoms with van der Waals surface area (Å²) in [4.78, 5) is 25.5. The number of carbonyl (C=O) groups is 1. The van der Waals surface area contributed by atoms with Gasteiger partial charge in [0.15, 0.2) is 0 Å². The normalized spacial score (nSPS) is 14.6. The third-order valence-electron chi connectivity index (χ3n) is 13.0. The van der Waals surface area contributed by atoms with Crippen LogP contribution in [0.4, 0.5) is 0 Å². The third-order valence-corrected chi connectivity index (χ3v) is 14.0. The van der Waals surface area contributed by atoms with Crippen molar-refractivity contribution in [2.24, 2.45) is 0 Å². The molecule has 0 saturated heterocycles. The van der Waals surface area contributed by atoms with Gasteiger partial charge in [0, 0.05) is 6.42 Å². The summed E-state index contributed by atoms with van der Waals surface area (Å²) in [5.74, 6) is -0.172. The third kappa shape index (κ3) is 56.9. The Morgan fingerprint density at radius 3 is 1.20 bits per heavy atom. The van der Waals surface area contributed by atoms with Gasteiger partial charge in [-0.25, -0.2) is 0 Å². The summed E-state index contributed by atoms with van der Waals surface area (Å²) in [7, 11) is 1.29. The van der Waals surface area contributed by atoms with Gasteiger partial charge in [0.05, 0.1) is 39.9 Å². The molecule has 0 aliphatic rings. The Morgan fingerprint density at radius 1 is 0.486 bits per heavy atom. The van der Waals surface area contributed by atoms with E-state index in [4.69, 9.17) is 9.05 Å². The van der Waals surface area contributed by atoms with Gasteiger partial charge in [-0.3, -0.25) is 9.36 Å². The lowest BCUT2D eigenvalue weighted by Gasteiger charge is -2.30. The maximum absolute atomic E-state index is 13.0. The van der Waals surface area contributed by atoms with Crippen LogP contribution in [0.15, 0.2) is 109 Å². The minimum Gasteiger partial charge on any atom is -0.756 e. The monoisotopic (exact) mass is 1050 g/mol. The Kier molecular flexibility index (Phi) is 52.8. The number of quaternary nitrogens is 1. The number of rotatable bonds is 54. The quantitative estimate of drug-likeness (QED) is 0.0272. The number of allylic oxidation sites excluding steroid dienone is 18. The van der Waals surface area contributed by atoms with Gasteiger partial charge in [0.25, 0.3) is 7.82 Å². The van der Waals surface area contributed by atoms with E-state index in [1.807, 2.05) is 21.1 Å². The number of nitrogens with one attached hydrogen (secondary N) is 1.